The Labute approximate surface area is 160 Å². The van der Waals surface area contributed by atoms with E-state index < -0.39 is 0 Å². The lowest BCUT2D eigenvalue weighted by Gasteiger charge is -2.35. The van der Waals surface area contributed by atoms with Crippen molar-refractivity contribution in [2.45, 2.75) is 26.0 Å². The Bertz CT molecular complexity index is 757. The molecule has 0 bridgehead atoms. The van der Waals surface area contributed by atoms with Gasteiger partial charge < -0.3 is 14.4 Å². The SMILES string of the molecule is CCOc1ccc(CN2CCN(C(=O)C3Cc4ccccc4O3)CC2)cc1. The number of carbonyl (C=O) groups is 1. The second-order valence-electron chi connectivity index (χ2n) is 7.10. The molecule has 0 spiro atoms. The number of piperazine rings is 1. The second kappa shape index (κ2) is 8.01. The van der Waals surface area contributed by atoms with Crippen LogP contribution in [0.25, 0.3) is 0 Å². The van der Waals surface area contributed by atoms with E-state index in [9.17, 15) is 4.79 Å². The molecule has 1 unspecified atom stereocenters. The van der Waals surface area contributed by atoms with Gasteiger partial charge >= 0.3 is 0 Å². The lowest BCUT2D eigenvalue weighted by Crippen LogP contribution is -2.51. The Hall–Kier alpha value is -2.53. The highest BCUT2D eigenvalue weighted by Crippen LogP contribution is 2.29. The maximum absolute atomic E-state index is 12.8. The van der Waals surface area contributed by atoms with Crippen LogP contribution in [0, 0.1) is 0 Å². The maximum atomic E-state index is 12.8. The molecule has 1 atom stereocenters. The third-order valence-electron chi connectivity index (χ3n) is 5.25. The van der Waals surface area contributed by atoms with Gasteiger partial charge in [0, 0.05) is 39.1 Å². The topological polar surface area (TPSA) is 42.0 Å². The van der Waals surface area contributed by atoms with E-state index in [1.165, 1.54) is 5.56 Å². The van der Waals surface area contributed by atoms with Gasteiger partial charge in [-0.1, -0.05) is 30.3 Å². The predicted molar refractivity (Wildman–Crippen MR) is 104 cm³/mol. The number of ether oxygens (including phenoxy) is 2. The largest absolute Gasteiger partial charge is 0.494 e. The molecule has 0 aliphatic carbocycles. The highest BCUT2D eigenvalue weighted by atomic mass is 16.5. The van der Waals surface area contributed by atoms with Crippen molar-refractivity contribution in [3.8, 4) is 11.5 Å². The summed E-state index contributed by atoms with van der Waals surface area (Å²) in [7, 11) is 0. The summed E-state index contributed by atoms with van der Waals surface area (Å²) in [5.74, 6) is 1.88. The summed E-state index contributed by atoms with van der Waals surface area (Å²) in [6.45, 7) is 6.87. The van der Waals surface area contributed by atoms with E-state index in [1.54, 1.807) is 0 Å². The van der Waals surface area contributed by atoms with E-state index in [1.807, 2.05) is 48.2 Å². The number of carbonyl (C=O) groups excluding carboxylic acids is 1. The summed E-state index contributed by atoms with van der Waals surface area (Å²) in [4.78, 5) is 17.1. The van der Waals surface area contributed by atoms with Crippen molar-refractivity contribution in [1.82, 2.24) is 9.80 Å². The normalized spacial score (nSPS) is 19.4. The number of para-hydroxylation sites is 1. The van der Waals surface area contributed by atoms with Gasteiger partial charge in [0.05, 0.1) is 6.61 Å². The zero-order chi connectivity index (χ0) is 18.6. The van der Waals surface area contributed by atoms with Crippen molar-refractivity contribution in [2.75, 3.05) is 32.8 Å². The molecule has 142 valence electrons. The summed E-state index contributed by atoms with van der Waals surface area (Å²) in [6.07, 6.45) is 0.321. The number of nitrogens with zero attached hydrogens (tertiary/aromatic N) is 2. The van der Waals surface area contributed by atoms with Crippen LogP contribution in [0.15, 0.2) is 48.5 Å². The van der Waals surface area contributed by atoms with Crippen LogP contribution < -0.4 is 9.47 Å². The average molecular weight is 366 g/mol. The van der Waals surface area contributed by atoms with Gasteiger partial charge in [0.1, 0.15) is 11.5 Å². The number of hydrogen-bond acceptors (Lipinski definition) is 4. The van der Waals surface area contributed by atoms with Crippen LogP contribution in [0.3, 0.4) is 0 Å². The molecule has 2 aliphatic rings. The van der Waals surface area contributed by atoms with Crippen LogP contribution >= 0.6 is 0 Å². The number of amides is 1. The molecule has 0 radical (unpaired) electrons. The quantitative estimate of drug-likeness (QED) is 0.816. The Morgan fingerprint density at radius 3 is 2.52 bits per heavy atom. The zero-order valence-electron chi connectivity index (χ0n) is 15.8. The molecule has 5 nitrogen and oxygen atoms in total. The predicted octanol–water partition coefficient (Wildman–Crippen LogP) is 2.73. The first-order valence-electron chi connectivity index (χ1n) is 9.70. The minimum absolute atomic E-state index is 0.118. The van der Waals surface area contributed by atoms with Crippen LogP contribution in [-0.2, 0) is 17.8 Å². The molecule has 0 N–H and O–H groups in total. The maximum Gasteiger partial charge on any atom is 0.264 e. The van der Waals surface area contributed by atoms with Crippen molar-refractivity contribution < 1.29 is 14.3 Å². The molecule has 5 heteroatoms. The molecule has 1 saturated heterocycles. The molecule has 4 rings (SSSR count). The molecule has 1 fully saturated rings. The second-order valence-corrected chi connectivity index (χ2v) is 7.10. The standard InChI is InChI=1S/C22H26N2O3/c1-2-26-19-9-7-17(8-10-19)16-23-11-13-24(14-12-23)22(25)21-15-18-5-3-4-6-20(18)27-21/h3-10,21H,2,11-16H2,1H3. The number of rotatable bonds is 5. The van der Waals surface area contributed by atoms with Gasteiger partial charge in [-0.3, -0.25) is 9.69 Å². The number of fused-ring (bicyclic) bond motifs is 1. The fraction of sp³-hybridized carbons (Fsp3) is 0.409. The fourth-order valence-electron chi connectivity index (χ4n) is 3.77. The van der Waals surface area contributed by atoms with Crippen LogP contribution in [-0.4, -0.2) is 54.6 Å². The molecule has 2 heterocycles. The minimum atomic E-state index is -0.361. The molecule has 0 aromatic heterocycles. The molecule has 2 aliphatic heterocycles. The summed E-state index contributed by atoms with van der Waals surface area (Å²) < 4.78 is 11.4. The van der Waals surface area contributed by atoms with E-state index in [0.717, 1.165) is 49.8 Å². The number of benzene rings is 2. The van der Waals surface area contributed by atoms with E-state index in [4.69, 9.17) is 9.47 Å². The molecule has 27 heavy (non-hydrogen) atoms. The van der Waals surface area contributed by atoms with Gasteiger partial charge in [0.2, 0.25) is 0 Å². The lowest BCUT2D eigenvalue weighted by molar-refractivity contribution is -0.139. The van der Waals surface area contributed by atoms with Gasteiger partial charge in [-0.05, 0) is 36.2 Å². The van der Waals surface area contributed by atoms with Crippen molar-refractivity contribution in [3.05, 3.63) is 59.7 Å². The van der Waals surface area contributed by atoms with Gasteiger partial charge in [0.15, 0.2) is 6.10 Å². The van der Waals surface area contributed by atoms with Crippen molar-refractivity contribution in [2.24, 2.45) is 0 Å². The molecular weight excluding hydrogens is 340 g/mol. The first-order valence-corrected chi connectivity index (χ1v) is 9.70. The molecule has 0 saturated carbocycles. The van der Waals surface area contributed by atoms with Crippen LogP contribution in [0.2, 0.25) is 0 Å². The van der Waals surface area contributed by atoms with Crippen molar-refractivity contribution in [3.63, 3.8) is 0 Å². The van der Waals surface area contributed by atoms with E-state index in [2.05, 4.69) is 17.0 Å². The summed E-state index contributed by atoms with van der Waals surface area (Å²) >= 11 is 0. The Kier molecular flexibility index (Phi) is 5.30. The van der Waals surface area contributed by atoms with Crippen molar-refractivity contribution in [1.29, 1.82) is 0 Å². The molecular formula is C22H26N2O3. The smallest absolute Gasteiger partial charge is 0.264 e. The monoisotopic (exact) mass is 366 g/mol. The van der Waals surface area contributed by atoms with E-state index in [-0.39, 0.29) is 12.0 Å². The molecule has 2 aromatic carbocycles. The first kappa shape index (κ1) is 17.9. The fourth-order valence-corrected chi connectivity index (χ4v) is 3.77. The van der Waals surface area contributed by atoms with Gasteiger partial charge in [-0.2, -0.15) is 0 Å². The average Bonchev–Trinajstić information content (AvgIpc) is 3.14. The van der Waals surface area contributed by atoms with Gasteiger partial charge in [-0.25, -0.2) is 0 Å². The van der Waals surface area contributed by atoms with E-state index >= 15 is 0 Å². The molecule has 1 amide bonds. The summed E-state index contributed by atoms with van der Waals surface area (Å²) in [5, 5.41) is 0. The lowest BCUT2D eigenvalue weighted by atomic mass is 10.1. The third-order valence-corrected chi connectivity index (χ3v) is 5.25. The van der Waals surface area contributed by atoms with Crippen LogP contribution in [0.1, 0.15) is 18.1 Å². The van der Waals surface area contributed by atoms with Gasteiger partial charge in [-0.15, -0.1) is 0 Å². The Morgan fingerprint density at radius 1 is 1.07 bits per heavy atom. The molecule has 2 aromatic rings. The van der Waals surface area contributed by atoms with Crippen LogP contribution in [0.5, 0.6) is 11.5 Å². The van der Waals surface area contributed by atoms with Crippen LogP contribution in [0.4, 0.5) is 0 Å². The number of hydrogen-bond donors (Lipinski definition) is 0. The zero-order valence-corrected chi connectivity index (χ0v) is 15.8. The highest BCUT2D eigenvalue weighted by Gasteiger charge is 2.33. The highest BCUT2D eigenvalue weighted by molar-refractivity contribution is 5.82. The first-order chi connectivity index (χ1) is 13.2. The van der Waals surface area contributed by atoms with E-state index in [0.29, 0.717) is 13.0 Å². The van der Waals surface area contributed by atoms with Gasteiger partial charge in [0.25, 0.3) is 5.91 Å². The van der Waals surface area contributed by atoms with Crippen molar-refractivity contribution >= 4 is 5.91 Å². The minimum Gasteiger partial charge on any atom is -0.494 e. The summed E-state index contributed by atoms with van der Waals surface area (Å²) in [5.41, 5.74) is 2.40. The Balaban J connectivity index is 1.27. The third kappa shape index (κ3) is 4.08. The summed E-state index contributed by atoms with van der Waals surface area (Å²) in [6, 6.07) is 16.2. The Morgan fingerprint density at radius 2 is 1.81 bits per heavy atom.